The van der Waals surface area contributed by atoms with Crippen molar-refractivity contribution in [2.75, 3.05) is 52.5 Å². The number of halogens is 1. The third kappa shape index (κ3) is 3.34. The molecule has 1 fully saturated rings. The Kier molecular flexibility index (Phi) is 5.60. The van der Waals surface area contributed by atoms with Gasteiger partial charge >= 0.3 is 0 Å². The average molecular weight is 383 g/mol. The van der Waals surface area contributed by atoms with Crippen LogP contribution in [0.5, 0.6) is 11.5 Å². The predicted octanol–water partition coefficient (Wildman–Crippen LogP) is 1.68. The van der Waals surface area contributed by atoms with Crippen molar-refractivity contribution in [3.05, 3.63) is 23.5 Å². The third-order valence-corrected chi connectivity index (χ3v) is 4.87. The molecule has 0 aliphatic carbocycles. The topological polar surface area (TPSA) is 75.4 Å². The minimum absolute atomic E-state index is 0. The van der Waals surface area contributed by atoms with Crippen LogP contribution in [0.2, 0.25) is 0 Å². The van der Waals surface area contributed by atoms with E-state index < -0.39 is 0 Å². The molecular formula is C18H23ClN2O5. The van der Waals surface area contributed by atoms with Crippen LogP contribution in [0.4, 0.5) is 0 Å². The number of amides is 1. The summed E-state index contributed by atoms with van der Waals surface area (Å²) < 4.78 is 17.1. The predicted molar refractivity (Wildman–Crippen MR) is 98.6 cm³/mol. The Labute approximate surface area is 157 Å². The zero-order chi connectivity index (χ0) is 17.4. The number of fused-ring (bicyclic) bond motifs is 2. The standard InChI is InChI=1S/C18H22N2O5.ClH/c1-12-13-10-15-16(24-9-8-23-15)11-14(13)25-17(12)18(22)20-4-2-19(3-5-20)6-7-21;/h10-11,21H,2-9H2,1H3;1H. The van der Waals surface area contributed by atoms with E-state index in [9.17, 15) is 4.79 Å². The van der Waals surface area contributed by atoms with E-state index >= 15 is 0 Å². The molecule has 1 amide bonds. The van der Waals surface area contributed by atoms with Crippen molar-refractivity contribution in [3.63, 3.8) is 0 Å². The molecule has 3 heterocycles. The molecule has 0 bridgehead atoms. The Balaban J connectivity index is 0.00000196. The van der Waals surface area contributed by atoms with Crippen LogP contribution < -0.4 is 9.47 Å². The molecule has 8 heteroatoms. The SMILES string of the molecule is Cc1c(C(=O)N2CCN(CCO)CC2)oc2cc3c(cc12)OCCO3.Cl. The lowest BCUT2D eigenvalue weighted by atomic mass is 10.1. The number of furan rings is 1. The van der Waals surface area contributed by atoms with Crippen LogP contribution in [0.3, 0.4) is 0 Å². The molecule has 0 radical (unpaired) electrons. The summed E-state index contributed by atoms with van der Waals surface area (Å²) >= 11 is 0. The number of rotatable bonds is 3. The number of carbonyl (C=O) groups excluding carboxylic acids is 1. The van der Waals surface area contributed by atoms with Crippen LogP contribution >= 0.6 is 12.4 Å². The Morgan fingerprint density at radius 3 is 2.42 bits per heavy atom. The molecule has 4 rings (SSSR count). The van der Waals surface area contributed by atoms with E-state index in [1.165, 1.54) is 0 Å². The first kappa shape index (κ1) is 18.8. The Morgan fingerprint density at radius 1 is 1.12 bits per heavy atom. The highest BCUT2D eigenvalue weighted by Crippen LogP contribution is 2.38. The summed E-state index contributed by atoms with van der Waals surface area (Å²) in [6.07, 6.45) is 0. The molecule has 7 nitrogen and oxygen atoms in total. The summed E-state index contributed by atoms with van der Waals surface area (Å²) in [5, 5.41) is 9.90. The summed E-state index contributed by atoms with van der Waals surface area (Å²) in [5.74, 6) is 1.65. The maximum absolute atomic E-state index is 12.9. The van der Waals surface area contributed by atoms with Crippen molar-refractivity contribution in [1.29, 1.82) is 0 Å². The molecule has 0 saturated carbocycles. The fourth-order valence-corrected chi connectivity index (χ4v) is 3.42. The zero-order valence-corrected chi connectivity index (χ0v) is 15.5. The van der Waals surface area contributed by atoms with Crippen molar-refractivity contribution in [2.24, 2.45) is 0 Å². The second kappa shape index (κ2) is 7.73. The summed E-state index contributed by atoms with van der Waals surface area (Å²) in [6.45, 7) is 6.54. The fourth-order valence-electron chi connectivity index (χ4n) is 3.42. The van der Waals surface area contributed by atoms with Crippen LogP contribution in [0.1, 0.15) is 16.1 Å². The summed E-state index contributed by atoms with van der Waals surface area (Å²) in [6, 6.07) is 3.69. The number of nitrogens with zero attached hydrogens (tertiary/aromatic N) is 2. The second-order valence-electron chi connectivity index (χ2n) is 6.41. The van der Waals surface area contributed by atoms with E-state index in [4.69, 9.17) is 19.0 Å². The maximum atomic E-state index is 12.9. The minimum atomic E-state index is -0.0860. The van der Waals surface area contributed by atoms with Crippen LogP contribution in [0.25, 0.3) is 11.0 Å². The molecule has 1 N–H and O–H groups in total. The summed E-state index contributed by atoms with van der Waals surface area (Å²) in [5.41, 5.74) is 1.47. The van der Waals surface area contributed by atoms with Crippen LogP contribution in [-0.2, 0) is 0 Å². The normalized spacial score (nSPS) is 17.2. The van der Waals surface area contributed by atoms with Crippen LogP contribution in [0, 0.1) is 6.92 Å². The molecule has 142 valence electrons. The number of β-amino-alcohol motifs (C(OH)–C–C–N with tert-alkyl or cyclic N) is 1. The minimum Gasteiger partial charge on any atom is -0.486 e. The van der Waals surface area contributed by atoms with Crippen LogP contribution in [-0.4, -0.2) is 73.4 Å². The summed E-state index contributed by atoms with van der Waals surface area (Å²) in [4.78, 5) is 16.8. The first-order valence-corrected chi connectivity index (χ1v) is 8.62. The molecular weight excluding hydrogens is 360 g/mol. The Hall–Kier alpha value is -1.96. The zero-order valence-electron chi connectivity index (χ0n) is 14.7. The third-order valence-electron chi connectivity index (χ3n) is 4.87. The van der Waals surface area contributed by atoms with Gasteiger partial charge in [-0.25, -0.2) is 0 Å². The van der Waals surface area contributed by atoms with Crippen molar-refractivity contribution in [3.8, 4) is 11.5 Å². The van der Waals surface area contributed by atoms with E-state index in [2.05, 4.69) is 4.90 Å². The van der Waals surface area contributed by atoms with Gasteiger partial charge in [0.05, 0.1) is 6.61 Å². The number of piperazine rings is 1. The second-order valence-corrected chi connectivity index (χ2v) is 6.41. The first-order valence-electron chi connectivity index (χ1n) is 8.62. The Bertz CT molecular complexity index is 798. The van der Waals surface area contributed by atoms with Gasteiger partial charge < -0.3 is 23.9 Å². The number of hydrogen-bond donors (Lipinski definition) is 1. The van der Waals surface area contributed by atoms with Gasteiger partial charge in [-0.15, -0.1) is 12.4 Å². The van der Waals surface area contributed by atoms with Gasteiger partial charge in [0.25, 0.3) is 5.91 Å². The number of aryl methyl sites for hydroxylation is 1. The van der Waals surface area contributed by atoms with Crippen LogP contribution in [0.15, 0.2) is 16.5 Å². The Morgan fingerprint density at radius 2 is 1.77 bits per heavy atom. The van der Waals surface area contributed by atoms with E-state index in [1.54, 1.807) is 6.07 Å². The smallest absolute Gasteiger partial charge is 0.289 e. The highest BCUT2D eigenvalue weighted by atomic mass is 35.5. The van der Waals surface area contributed by atoms with E-state index in [1.807, 2.05) is 17.9 Å². The number of benzene rings is 1. The lowest BCUT2D eigenvalue weighted by Crippen LogP contribution is -2.49. The van der Waals surface area contributed by atoms with Crippen molar-refractivity contribution < 1.29 is 23.8 Å². The van der Waals surface area contributed by atoms with Gasteiger partial charge in [0, 0.05) is 49.7 Å². The van der Waals surface area contributed by atoms with Gasteiger partial charge in [-0.2, -0.15) is 0 Å². The van der Waals surface area contributed by atoms with Gasteiger partial charge in [-0.1, -0.05) is 0 Å². The van der Waals surface area contributed by atoms with Gasteiger partial charge in [0.15, 0.2) is 17.3 Å². The van der Waals surface area contributed by atoms with Gasteiger partial charge in [0.2, 0.25) is 0 Å². The van der Waals surface area contributed by atoms with Crippen molar-refractivity contribution >= 4 is 29.3 Å². The van der Waals surface area contributed by atoms with E-state index in [0.29, 0.717) is 55.7 Å². The van der Waals surface area contributed by atoms with E-state index in [0.717, 1.165) is 24.0 Å². The molecule has 0 atom stereocenters. The molecule has 2 aliphatic rings. The number of hydrogen-bond acceptors (Lipinski definition) is 6. The largest absolute Gasteiger partial charge is 0.486 e. The highest BCUT2D eigenvalue weighted by Gasteiger charge is 2.27. The van der Waals surface area contributed by atoms with E-state index in [-0.39, 0.29) is 24.9 Å². The van der Waals surface area contributed by atoms with Crippen molar-refractivity contribution in [1.82, 2.24) is 9.80 Å². The van der Waals surface area contributed by atoms with Crippen molar-refractivity contribution in [2.45, 2.75) is 6.92 Å². The first-order chi connectivity index (χ1) is 12.2. The lowest BCUT2D eigenvalue weighted by Gasteiger charge is -2.33. The maximum Gasteiger partial charge on any atom is 0.289 e. The number of ether oxygens (including phenoxy) is 2. The fraction of sp³-hybridized carbons (Fsp3) is 0.500. The quantitative estimate of drug-likeness (QED) is 0.870. The lowest BCUT2D eigenvalue weighted by molar-refractivity contribution is 0.0586. The average Bonchev–Trinajstić information content (AvgIpc) is 2.96. The van der Waals surface area contributed by atoms with Gasteiger partial charge in [-0.3, -0.25) is 9.69 Å². The number of aliphatic hydroxyl groups is 1. The number of aliphatic hydroxyl groups excluding tert-OH is 1. The monoisotopic (exact) mass is 382 g/mol. The molecule has 1 saturated heterocycles. The molecule has 2 aromatic rings. The molecule has 26 heavy (non-hydrogen) atoms. The molecule has 1 aromatic carbocycles. The molecule has 0 spiro atoms. The number of carbonyl (C=O) groups is 1. The highest BCUT2D eigenvalue weighted by molar-refractivity contribution is 5.99. The van der Waals surface area contributed by atoms with Gasteiger partial charge in [-0.05, 0) is 13.0 Å². The van der Waals surface area contributed by atoms with Gasteiger partial charge in [0.1, 0.15) is 18.8 Å². The molecule has 0 unspecified atom stereocenters. The molecule has 2 aliphatic heterocycles. The molecule has 1 aromatic heterocycles. The summed E-state index contributed by atoms with van der Waals surface area (Å²) in [7, 11) is 0.